The van der Waals surface area contributed by atoms with Crippen molar-refractivity contribution in [1.29, 1.82) is 0 Å². The topological polar surface area (TPSA) is 60.4 Å². The SMILES string of the molecule is COc1ccc(C2=NO[C@@H](CN(Cc3ccc(C(F)(F)F)cc3)C(=O)C3CC3)C2)cc1OC. The molecule has 2 aliphatic rings. The fourth-order valence-electron chi connectivity index (χ4n) is 3.80. The number of rotatable bonds is 8. The van der Waals surface area contributed by atoms with Crippen LogP contribution in [0.2, 0.25) is 0 Å². The third-order valence-corrected chi connectivity index (χ3v) is 5.77. The predicted molar refractivity (Wildman–Crippen MR) is 115 cm³/mol. The van der Waals surface area contributed by atoms with Crippen LogP contribution >= 0.6 is 0 Å². The van der Waals surface area contributed by atoms with Crippen molar-refractivity contribution in [1.82, 2.24) is 4.90 Å². The van der Waals surface area contributed by atoms with Crippen molar-refractivity contribution in [2.45, 2.75) is 38.1 Å². The lowest BCUT2D eigenvalue weighted by Crippen LogP contribution is -2.38. The Kier molecular flexibility index (Phi) is 6.49. The van der Waals surface area contributed by atoms with Crippen LogP contribution in [0.25, 0.3) is 0 Å². The van der Waals surface area contributed by atoms with E-state index in [0.717, 1.165) is 36.2 Å². The van der Waals surface area contributed by atoms with Crippen LogP contribution in [0, 0.1) is 5.92 Å². The number of hydrogen-bond acceptors (Lipinski definition) is 5. The van der Waals surface area contributed by atoms with Crippen molar-refractivity contribution in [2.75, 3.05) is 20.8 Å². The summed E-state index contributed by atoms with van der Waals surface area (Å²) in [5.41, 5.74) is 1.49. The molecule has 176 valence electrons. The number of halogens is 3. The number of carbonyl (C=O) groups excluding carboxylic acids is 1. The maximum Gasteiger partial charge on any atom is 0.416 e. The van der Waals surface area contributed by atoms with E-state index < -0.39 is 11.7 Å². The molecule has 2 aromatic rings. The highest BCUT2D eigenvalue weighted by Gasteiger charge is 2.36. The van der Waals surface area contributed by atoms with E-state index in [1.807, 2.05) is 12.1 Å². The van der Waals surface area contributed by atoms with Crippen LogP contribution in [0.15, 0.2) is 47.6 Å². The van der Waals surface area contributed by atoms with Gasteiger partial charge in [-0.3, -0.25) is 4.79 Å². The molecule has 1 aliphatic heterocycles. The van der Waals surface area contributed by atoms with E-state index in [4.69, 9.17) is 14.3 Å². The largest absolute Gasteiger partial charge is 0.493 e. The van der Waals surface area contributed by atoms with Gasteiger partial charge < -0.3 is 19.2 Å². The van der Waals surface area contributed by atoms with Crippen molar-refractivity contribution in [3.05, 3.63) is 59.2 Å². The maximum absolute atomic E-state index is 12.9. The van der Waals surface area contributed by atoms with Crippen molar-refractivity contribution < 1.29 is 32.3 Å². The van der Waals surface area contributed by atoms with Gasteiger partial charge in [0.25, 0.3) is 0 Å². The van der Waals surface area contributed by atoms with Gasteiger partial charge in [-0.2, -0.15) is 13.2 Å². The molecule has 1 heterocycles. The molecule has 0 radical (unpaired) electrons. The number of alkyl halides is 3. The Labute approximate surface area is 189 Å². The molecule has 0 unspecified atom stereocenters. The Morgan fingerprint density at radius 2 is 1.79 bits per heavy atom. The van der Waals surface area contributed by atoms with Gasteiger partial charge in [0.15, 0.2) is 17.6 Å². The van der Waals surface area contributed by atoms with Gasteiger partial charge in [0.1, 0.15) is 0 Å². The van der Waals surface area contributed by atoms with Gasteiger partial charge in [-0.25, -0.2) is 0 Å². The molecule has 9 heteroatoms. The van der Waals surface area contributed by atoms with E-state index in [0.29, 0.717) is 30.0 Å². The quantitative estimate of drug-likeness (QED) is 0.573. The number of oxime groups is 1. The molecule has 1 amide bonds. The van der Waals surface area contributed by atoms with E-state index in [1.165, 1.54) is 12.1 Å². The Bertz CT molecular complexity index is 1030. The van der Waals surface area contributed by atoms with E-state index in [-0.39, 0.29) is 24.5 Å². The molecule has 33 heavy (non-hydrogen) atoms. The molecule has 4 rings (SSSR count). The number of ether oxygens (including phenoxy) is 2. The van der Waals surface area contributed by atoms with Crippen LogP contribution in [0.1, 0.15) is 36.0 Å². The van der Waals surface area contributed by atoms with Crippen LogP contribution in [0.3, 0.4) is 0 Å². The van der Waals surface area contributed by atoms with Crippen LogP contribution < -0.4 is 9.47 Å². The Balaban J connectivity index is 1.43. The molecular formula is C24H25F3N2O4. The summed E-state index contributed by atoms with van der Waals surface area (Å²) in [6, 6.07) is 10.4. The summed E-state index contributed by atoms with van der Waals surface area (Å²) in [5.74, 6) is 1.16. The summed E-state index contributed by atoms with van der Waals surface area (Å²) in [7, 11) is 3.12. The number of amides is 1. The number of methoxy groups -OCH3 is 2. The normalized spacial score (nSPS) is 17.8. The van der Waals surface area contributed by atoms with E-state index in [2.05, 4.69) is 5.16 Å². The minimum atomic E-state index is -4.39. The third kappa shape index (κ3) is 5.40. The lowest BCUT2D eigenvalue weighted by molar-refractivity contribution is -0.138. The van der Waals surface area contributed by atoms with Crippen molar-refractivity contribution in [2.24, 2.45) is 11.1 Å². The van der Waals surface area contributed by atoms with Crippen molar-refractivity contribution in [3.8, 4) is 11.5 Å². The molecule has 1 saturated carbocycles. The average Bonchev–Trinajstić information content (AvgIpc) is 3.56. The highest BCUT2D eigenvalue weighted by Crippen LogP contribution is 2.34. The fraction of sp³-hybridized carbons (Fsp3) is 0.417. The lowest BCUT2D eigenvalue weighted by atomic mass is 10.0. The minimum absolute atomic E-state index is 0.00179. The van der Waals surface area contributed by atoms with Gasteiger partial charge >= 0.3 is 6.18 Å². The summed E-state index contributed by atoms with van der Waals surface area (Å²) in [4.78, 5) is 20.1. The first kappa shape index (κ1) is 22.9. The summed E-state index contributed by atoms with van der Waals surface area (Å²) in [6.45, 7) is 0.523. The third-order valence-electron chi connectivity index (χ3n) is 5.77. The van der Waals surface area contributed by atoms with Gasteiger partial charge in [-0.15, -0.1) is 0 Å². The molecule has 0 saturated heterocycles. The number of benzene rings is 2. The molecule has 1 aliphatic carbocycles. The molecule has 0 spiro atoms. The van der Waals surface area contributed by atoms with Gasteiger partial charge in [0, 0.05) is 24.4 Å². The first-order valence-corrected chi connectivity index (χ1v) is 10.7. The molecule has 1 atom stereocenters. The monoisotopic (exact) mass is 462 g/mol. The zero-order valence-electron chi connectivity index (χ0n) is 18.4. The summed E-state index contributed by atoms with van der Waals surface area (Å²) >= 11 is 0. The lowest BCUT2D eigenvalue weighted by Gasteiger charge is -2.25. The Morgan fingerprint density at radius 1 is 1.09 bits per heavy atom. The minimum Gasteiger partial charge on any atom is -0.493 e. The molecule has 0 bridgehead atoms. The molecular weight excluding hydrogens is 437 g/mol. The summed E-state index contributed by atoms with van der Waals surface area (Å²) in [6.07, 6.45) is -2.57. The zero-order valence-corrected chi connectivity index (χ0v) is 18.4. The Hall–Kier alpha value is -3.23. The molecule has 6 nitrogen and oxygen atoms in total. The van der Waals surface area contributed by atoms with Crippen LogP contribution in [0.5, 0.6) is 11.5 Å². The fourth-order valence-corrected chi connectivity index (χ4v) is 3.80. The average molecular weight is 462 g/mol. The number of nitrogens with zero attached hydrogens (tertiary/aromatic N) is 2. The van der Waals surface area contributed by atoms with Crippen LogP contribution in [-0.2, 0) is 22.4 Å². The standard InChI is InChI=1S/C24H25F3N2O4/c1-31-21-10-7-17(11-22(21)32-2)20-12-19(33-28-20)14-29(23(30)16-5-6-16)13-15-3-8-18(9-4-15)24(25,26)27/h3-4,7-11,16,19H,5-6,12-14H2,1-2H3/t19-/m1/s1. The molecule has 0 aromatic heterocycles. The Morgan fingerprint density at radius 3 is 2.39 bits per heavy atom. The van der Waals surface area contributed by atoms with E-state index >= 15 is 0 Å². The van der Waals surface area contributed by atoms with Crippen molar-refractivity contribution >= 4 is 11.6 Å². The second kappa shape index (κ2) is 9.33. The number of carbonyl (C=O) groups is 1. The highest BCUT2D eigenvalue weighted by atomic mass is 19.4. The van der Waals surface area contributed by atoms with E-state index in [1.54, 1.807) is 25.2 Å². The molecule has 2 aromatic carbocycles. The smallest absolute Gasteiger partial charge is 0.416 e. The summed E-state index contributed by atoms with van der Waals surface area (Å²) < 4.78 is 49.2. The zero-order chi connectivity index (χ0) is 23.6. The maximum atomic E-state index is 12.9. The first-order chi connectivity index (χ1) is 15.8. The summed E-state index contributed by atoms with van der Waals surface area (Å²) in [5, 5.41) is 4.19. The van der Waals surface area contributed by atoms with Crippen molar-refractivity contribution in [3.63, 3.8) is 0 Å². The predicted octanol–water partition coefficient (Wildman–Crippen LogP) is 4.65. The molecule has 1 fully saturated rings. The first-order valence-electron chi connectivity index (χ1n) is 10.7. The van der Waals surface area contributed by atoms with Crippen LogP contribution in [-0.4, -0.2) is 43.4 Å². The number of hydrogen-bond donors (Lipinski definition) is 0. The van der Waals surface area contributed by atoms with Crippen LogP contribution in [0.4, 0.5) is 13.2 Å². The molecule has 0 N–H and O–H groups in total. The van der Waals surface area contributed by atoms with Gasteiger partial charge in [0.05, 0.1) is 32.0 Å². The second-order valence-corrected chi connectivity index (χ2v) is 8.23. The van der Waals surface area contributed by atoms with Gasteiger partial charge in [0.2, 0.25) is 5.91 Å². The highest BCUT2D eigenvalue weighted by molar-refractivity contribution is 6.01. The second-order valence-electron chi connectivity index (χ2n) is 8.23. The van der Waals surface area contributed by atoms with E-state index in [9.17, 15) is 18.0 Å². The van der Waals surface area contributed by atoms with Gasteiger partial charge in [-0.1, -0.05) is 17.3 Å². The van der Waals surface area contributed by atoms with Gasteiger partial charge in [-0.05, 0) is 48.7 Å².